The monoisotopic (exact) mass is 506 g/mol. The number of anilines is 2. The third-order valence-electron chi connectivity index (χ3n) is 3.61. The number of hydrogen-bond donors (Lipinski definition) is 2. The van der Waals surface area contributed by atoms with Crippen molar-refractivity contribution in [2.24, 2.45) is 0 Å². The number of nitrogens with one attached hydrogen (secondary N) is 2. The molecule has 1 heterocycles. The number of thioether (sulfide) groups is 1. The minimum absolute atomic E-state index is 0.0201. The van der Waals surface area contributed by atoms with Crippen LogP contribution in [0.1, 0.15) is 15.9 Å². The molecule has 2 amide bonds. The number of rotatable bonds is 6. The van der Waals surface area contributed by atoms with Crippen LogP contribution >= 0.6 is 46.3 Å². The molecule has 1 aromatic heterocycles. The van der Waals surface area contributed by atoms with Crippen molar-refractivity contribution in [1.82, 2.24) is 10.2 Å². The number of nitrogens with zero attached hydrogens (tertiary/aromatic N) is 2. The zero-order valence-corrected chi connectivity index (χ0v) is 18.3. The summed E-state index contributed by atoms with van der Waals surface area (Å²) in [7, 11) is 0. The second-order valence-corrected chi connectivity index (χ2v) is 8.91. The summed E-state index contributed by atoms with van der Waals surface area (Å²) in [5, 5.41) is 13.2. The Morgan fingerprint density at radius 3 is 2.55 bits per heavy atom. The van der Waals surface area contributed by atoms with E-state index in [0.717, 1.165) is 41.3 Å². The molecule has 0 bridgehead atoms. The molecule has 0 fully saturated rings. The quantitative estimate of drug-likeness (QED) is 0.323. The Balaban J connectivity index is 1.56. The fourth-order valence-corrected chi connectivity index (χ4v) is 4.13. The number of alkyl halides is 3. The fraction of sp³-hybridized carbons (Fsp3) is 0.111. The molecule has 31 heavy (non-hydrogen) atoms. The van der Waals surface area contributed by atoms with E-state index in [1.54, 1.807) is 18.2 Å². The highest BCUT2D eigenvalue weighted by atomic mass is 35.5. The first-order chi connectivity index (χ1) is 14.6. The van der Waals surface area contributed by atoms with Gasteiger partial charge in [-0.05, 0) is 36.4 Å². The number of carbonyl (C=O) groups excluding carboxylic acids is 2. The first-order valence-electron chi connectivity index (χ1n) is 8.31. The zero-order valence-electron chi connectivity index (χ0n) is 15.2. The summed E-state index contributed by atoms with van der Waals surface area (Å²) in [6, 6.07) is 9.00. The number of carbonyl (C=O) groups is 2. The van der Waals surface area contributed by atoms with Crippen LogP contribution in [0.2, 0.25) is 10.0 Å². The third-order valence-corrected chi connectivity index (χ3v) is 6.14. The molecule has 162 valence electrons. The van der Waals surface area contributed by atoms with Crippen LogP contribution in [0.15, 0.2) is 46.8 Å². The summed E-state index contributed by atoms with van der Waals surface area (Å²) in [6.07, 6.45) is -4.56. The van der Waals surface area contributed by atoms with E-state index >= 15 is 0 Å². The van der Waals surface area contributed by atoms with Crippen molar-refractivity contribution in [3.8, 4) is 0 Å². The van der Waals surface area contributed by atoms with Gasteiger partial charge in [-0.3, -0.25) is 14.9 Å². The standard InChI is InChI=1S/C18H11Cl2F3N4O2S2/c19-11-3-1-2-9(6-11)15(29)25-16-26-27-17(31-16)30-8-14(28)24-13-7-10(18(21,22)23)4-5-12(13)20/h1-7H,8H2,(H,24,28)(H,25,26,29). The summed E-state index contributed by atoms with van der Waals surface area (Å²) >= 11 is 13.8. The average Bonchev–Trinajstić information content (AvgIpc) is 3.14. The van der Waals surface area contributed by atoms with Crippen molar-refractivity contribution in [3.05, 3.63) is 63.6 Å². The van der Waals surface area contributed by atoms with Gasteiger partial charge in [0.15, 0.2) is 4.34 Å². The second kappa shape index (κ2) is 9.86. The van der Waals surface area contributed by atoms with E-state index in [1.807, 2.05) is 0 Å². The molecule has 2 N–H and O–H groups in total. The lowest BCUT2D eigenvalue weighted by molar-refractivity contribution is -0.137. The average molecular weight is 507 g/mol. The number of halogens is 5. The van der Waals surface area contributed by atoms with Crippen molar-refractivity contribution in [3.63, 3.8) is 0 Å². The van der Waals surface area contributed by atoms with Crippen LogP contribution < -0.4 is 10.6 Å². The smallest absolute Gasteiger partial charge is 0.324 e. The van der Waals surface area contributed by atoms with Gasteiger partial charge in [0.25, 0.3) is 5.91 Å². The van der Waals surface area contributed by atoms with Crippen LogP contribution in [0.5, 0.6) is 0 Å². The van der Waals surface area contributed by atoms with Crippen LogP contribution in [-0.4, -0.2) is 27.8 Å². The van der Waals surface area contributed by atoms with Gasteiger partial charge in [-0.25, -0.2) is 0 Å². The molecule has 0 saturated heterocycles. The van der Waals surface area contributed by atoms with Gasteiger partial charge in [0.05, 0.1) is 22.0 Å². The molecular formula is C18H11Cl2F3N4O2S2. The van der Waals surface area contributed by atoms with E-state index in [4.69, 9.17) is 23.2 Å². The SMILES string of the molecule is O=C(CSc1nnc(NC(=O)c2cccc(Cl)c2)s1)Nc1cc(C(F)(F)F)ccc1Cl. The van der Waals surface area contributed by atoms with Crippen LogP contribution in [0, 0.1) is 0 Å². The van der Waals surface area contributed by atoms with E-state index in [0.29, 0.717) is 14.9 Å². The predicted molar refractivity (Wildman–Crippen MR) is 115 cm³/mol. The van der Waals surface area contributed by atoms with E-state index in [2.05, 4.69) is 20.8 Å². The fourth-order valence-electron chi connectivity index (χ4n) is 2.23. The minimum Gasteiger partial charge on any atom is -0.324 e. The Hall–Kier alpha value is -2.34. The highest BCUT2D eigenvalue weighted by Crippen LogP contribution is 2.34. The van der Waals surface area contributed by atoms with Crippen LogP contribution in [-0.2, 0) is 11.0 Å². The molecule has 0 saturated carbocycles. The molecule has 0 unspecified atom stereocenters. The first kappa shape index (κ1) is 23.3. The number of aromatic nitrogens is 2. The van der Waals surface area contributed by atoms with Crippen LogP contribution in [0.3, 0.4) is 0 Å². The van der Waals surface area contributed by atoms with Gasteiger partial charge in [0, 0.05) is 10.6 Å². The second-order valence-electron chi connectivity index (χ2n) is 5.87. The van der Waals surface area contributed by atoms with E-state index in [-0.39, 0.29) is 21.6 Å². The Morgan fingerprint density at radius 1 is 1.06 bits per heavy atom. The van der Waals surface area contributed by atoms with Gasteiger partial charge >= 0.3 is 6.18 Å². The highest BCUT2D eigenvalue weighted by molar-refractivity contribution is 8.01. The van der Waals surface area contributed by atoms with Crippen LogP contribution in [0.25, 0.3) is 0 Å². The Bertz CT molecular complexity index is 1130. The summed E-state index contributed by atoms with van der Waals surface area (Å²) in [5.74, 6) is -1.15. The van der Waals surface area contributed by atoms with Gasteiger partial charge in [0.1, 0.15) is 0 Å². The van der Waals surface area contributed by atoms with Crippen LogP contribution in [0.4, 0.5) is 24.0 Å². The third kappa shape index (κ3) is 6.57. The van der Waals surface area contributed by atoms with Crippen molar-refractivity contribution in [1.29, 1.82) is 0 Å². The first-order valence-corrected chi connectivity index (χ1v) is 10.9. The van der Waals surface area contributed by atoms with Gasteiger partial charge in [-0.2, -0.15) is 13.2 Å². The Morgan fingerprint density at radius 2 is 1.84 bits per heavy atom. The highest BCUT2D eigenvalue weighted by Gasteiger charge is 2.31. The predicted octanol–water partition coefficient (Wildman–Crippen LogP) is 5.85. The molecule has 0 aliphatic carbocycles. The van der Waals surface area contributed by atoms with Gasteiger partial charge < -0.3 is 5.32 Å². The maximum absolute atomic E-state index is 12.8. The number of hydrogen-bond acceptors (Lipinski definition) is 6. The van der Waals surface area contributed by atoms with Crippen molar-refractivity contribution < 1.29 is 22.8 Å². The van der Waals surface area contributed by atoms with Gasteiger partial charge in [-0.1, -0.05) is 52.4 Å². The Kier molecular flexibility index (Phi) is 7.42. The minimum atomic E-state index is -4.56. The van der Waals surface area contributed by atoms with Gasteiger partial charge in [-0.15, -0.1) is 10.2 Å². The van der Waals surface area contributed by atoms with Crippen molar-refractivity contribution in [2.75, 3.05) is 16.4 Å². The van der Waals surface area contributed by atoms with E-state index < -0.39 is 23.6 Å². The molecule has 6 nitrogen and oxygen atoms in total. The van der Waals surface area contributed by atoms with Crippen molar-refractivity contribution >= 4 is 68.9 Å². The molecule has 0 aliphatic heterocycles. The summed E-state index contributed by atoms with van der Waals surface area (Å²) < 4.78 is 38.8. The summed E-state index contributed by atoms with van der Waals surface area (Å²) in [6.45, 7) is 0. The van der Waals surface area contributed by atoms with E-state index in [1.165, 1.54) is 6.07 Å². The maximum Gasteiger partial charge on any atom is 0.416 e. The molecule has 0 spiro atoms. The molecule has 0 atom stereocenters. The normalized spacial score (nSPS) is 11.3. The van der Waals surface area contributed by atoms with Gasteiger partial charge in [0.2, 0.25) is 11.0 Å². The topological polar surface area (TPSA) is 84.0 Å². The van der Waals surface area contributed by atoms with Crippen molar-refractivity contribution in [2.45, 2.75) is 10.5 Å². The summed E-state index contributed by atoms with van der Waals surface area (Å²) in [5.41, 5.74) is -0.730. The molecule has 3 rings (SSSR count). The number of benzene rings is 2. The molecule has 13 heteroatoms. The molecule has 0 radical (unpaired) electrons. The Labute approximate surface area is 192 Å². The lowest BCUT2D eigenvalue weighted by atomic mass is 10.2. The molecule has 2 aromatic carbocycles. The lowest BCUT2D eigenvalue weighted by Crippen LogP contribution is -2.15. The lowest BCUT2D eigenvalue weighted by Gasteiger charge is -2.11. The zero-order chi connectivity index (χ0) is 22.6. The molecular weight excluding hydrogens is 496 g/mol. The molecule has 0 aliphatic rings. The van der Waals surface area contributed by atoms with E-state index in [9.17, 15) is 22.8 Å². The molecule has 3 aromatic rings. The number of amides is 2. The maximum atomic E-state index is 12.8. The summed E-state index contributed by atoms with van der Waals surface area (Å²) in [4.78, 5) is 24.3. The largest absolute Gasteiger partial charge is 0.416 e.